The third-order valence-electron chi connectivity index (χ3n) is 1.61. The van der Waals surface area contributed by atoms with Gasteiger partial charge in [0.1, 0.15) is 0 Å². The van der Waals surface area contributed by atoms with Gasteiger partial charge in [0.15, 0.2) is 4.90 Å². The van der Waals surface area contributed by atoms with E-state index in [2.05, 4.69) is 4.72 Å². The highest BCUT2D eigenvalue weighted by Crippen LogP contribution is 2.20. The van der Waals surface area contributed by atoms with Gasteiger partial charge in [0, 0.05) is 24.7 Å². The molecule has 1 aromatic rings. The van der Waals surface area contributed by atoms with Crippen LogP contribution in [-0.2, 0) is 11.4 Å². The van der Waals surface area contributed by atoms with E-state index in [0.717, 1.165) is 12.1 Å². The molecule has 1 N–H and O–H groups in total. The second kappa shape index (κ2) is 5.06. The van der Waals surface area contributed by atoms with Crippen LogP contribution in [0.25, 0.3) is 0 Å². The molecule has 82 valence electrons. The van der Waals surface area contributed by atoms with Crippen LogP contribution in [0.4, 0.5) is 10.1 Å². The number of nitro groups is 1. The zero-order valence-electron chi connectivity index (χ0n) is 7.90. The van der Waals surface area contributed by atoms with Gasteiger partial charge in [-0.2, -0.15) is 4.39 Å². The van der Waals surface area contributed by atoms with Crippen molar-refractivity contribution in [3.63, 3.8) is 0 Å². The van der Waals surface area contributed by atoms with Gasteiger partial charge in [-0.3, -0.25) is 10.1 Å². The van der Waals surface area contributed by atoms with Crippen molar-refractivity contribution in [1.29, 1.82) is 0 Å². The molecule has 0 aliphatic heterocycles. The van der Waals surface area contributed by atoms with Gasteiger partial charge in [-0.25, -0.2) is 0 Å². The van der Waals surface area contributed by atoms with Gasteiger partial charge in [-0.15, -0.1) is 4.72 Å². The van der Waals surface area contributed by atoms with Crippen LogP contribution >= 0.6 is 0 Å². The van der Waals surface area contributed by atoms with Crippen LogP contribution < -0.4 is 4.72 Å². The first kappa shape index (κ1) is 11.9. The van der Waals surface area contributed by atoms with Gasteiger partial charge in [-0.1, -0.05) is 0 Å². The molecule has 0 heterocycles. The summed E-state index contributed by atoms with van der Waals surface area (Å²) in [5.41, 5.74) is -0.618. The summed E-state index contributed by atoms with van der Waals surface area (Å²) in [4.78, 5) is 9.66. The Labute approximate surface area is 88.8 Å². The lowest BCUT2D eigenvalue weighted by Crippen LogP contribution is -2.23. The molecule has 0 amide bonds. The molecule has 0 radical (unpaired) electrons. The maximum absolute atomic E-state index is 13.1. The van der Waals surface area contributed by atoms with E-state index in [1.807, 2.05) is 0 Å². The summed E-state index contributed by atoms with van der Waals surface area (Å²) in [5.74, 6) is -0.983. The topological polar surface area (TPSA) is 78.2 Å². The minimum atomic E-state index is -1.53. The fourth-order valence-corrected chi connectivity index (χ4v) is 1.80. The number of hydrogen-bond donors (Lipinski definition) is 1. The van der Waals surface area contributed by atoms with Crippen LogP contribution in [0.5, 0.6) is 0 Å². The molecule has 7 heteroatoms. The molecule has 0 aliphatic rings. The first-order valence-electron chi connectivity index (χ1n) is 4.15. The quantitative estimate of drug-likeness (QED) is 0.483. The van der Waals surface area contributed by atoms with Crippen LogP contribution in [0.15, 0.2) is 23.1 Å². The van der Waals surface area contributed by atoms with Gasteiger partial charge in [0.05, 0.1) is 16.3 Å². The van der Waals surface area contributed by atoms with Crippen LogP contribution in [-0.4, -0.2) is 16.0 Å². The summed E-state index contributed by atoms with van der Waals surface area (Å²) < 4.78 is 27.0. The normalized spacial score (nSPS) is 12.5. The lowest BCUT2D eigenvalue weighted by Gasteiger charge is -2.08. The zero-order chi connectivity index (χ0) is 11.4. The lowest BCUT2D eigenvalue weighted by atomic mass is 10.3. The maximum Gasteiger partial charge on any atom is 0.305 e. The van der Waals surface area contributed by atoms with Crippen molar-refractivity contribution in [2.45, 2.75) is 11.8 Å². The van der Waals surface area contributed by atoms with Crippen molar-refractivity contribution in [2.75, 3.05) is 6.54 Å². The monoisotopic (exact) mass is 232 g/mol. The predicted octanol–water partition coefficient (Wildman–Crippen LogP) is 1.37. The highest BCUT2D eigenvalue weighted by atomic mass is 32.2. The Morgan fingerprint density at radius 3 is 2.73 bits per heavy atom. The van der Waals surface area contributed by atoms with Crippen LogP contribution in [0.1, 0.15) is 6.92 Å². The van der Waals surface area contributed by atoms with Crippen molar-refractivity contribution in [1.82, 2.24) is 4.72 Å². The van der Waals surface area contributed by atoms with E-state index in [1.165, 1.54) is 6.07 Å². The van der Waals surface area contributed by atoms with E-state index in [1.54, 1.807) is 6.92 Å². The lowest BCUT2D eigenvalue weighted by molar-refractivity contribution is -0.387. The highest BCUT2D eigenvalue weighted by Gasteiger charge is 2.18. The Bertz CT molecular complexity index is 375. The van der Waals surface area contributed by atoms with Crippen molar-refractivity contribution in [3.05, 3.63) is 34.1 Å². The molecule has 1 unspecified atom stereocenters. The van der Waals surface area contributed by atoms with E-state index < -0.39 is 27.8 Å². The molecular weight excluding hydrogens is 223 g/mol. The molecule has 1 aromatic carbocycles. The first-order valence-corrected chi connectivity index (χ1v) is 5.30. The summed E-state index contributed by atoms with van der Waals surface area (Å²) in [6, 6.07) is 3.16. The molecule has 5 nitrogen and oxygen atoms in total. The Morgan fingerprint density at radius 2 is 2.27 bits per heavy atom. The third kappa shape index (κ3) is 2.88. The molecule has 0 aliphatic carbocycles. The van der Waals surface area contributed by atoms with Crippen LogP contribution in [0.3, 0.4) is 0 Å². The maximum atomic E-state index is 13.1. The van der Waals surface area contributed by atoms with Gasteiger partial charge >= 0.3 is 5.69 Å². The van der Waals surface area contributed by atoms with E-state index >= 15 is 0 Å². The second-order valence-corrected chi connectivity index (χ2v) is 3.93. The Morgan fingerprint density at radius 1 is 1.60 bits per heavy atom. The van der Waals surface area contributed by atoms with E-state index in [-0.39, 0.29) is 4.90 Å². The largest absolute Gasteiger partial charge is 0.593 e. The summed E-state index contributed by atoms with van der Waals surface area (Å²) >= 11 is -1.53. The Balaban J connectivity index is 2.96. The molecule has 0 saturated heterocycles. The molecule has 15 heavy (non-hydrogen) atoms. The van der Waals surface area contributed by atoms with Crippen molar-refractivity contribution >= 4 is 17.0 Å². The number of nitro benzene ring substituents is 1. The number of hydrogen-bond acceptors (Lipinski definition) is 4. The van der Waals surface area contributed by atoms with Gasteiger partial charge in [-0.05, 0) is 6.92 Å². The van der Waals surface area contributed by atoms with Crippen molar-refractivity contribution < 1.29 is 13.9 Å². The third-order valence-corrected chi connectivity index (χ3v) is 2.84. The van der Waals surface area contributed by atoms with E-state index in [9.17, 15) is 19.1 Å². The molecule has 0 saturated carbocycles. The Kier molecular flexibility index (Phi) is 4.01. The molecule has 1 rings (SSSR count). The zero-order valence-corrected chi connectivity index (χ0v) is 8.71. The Hall–Kier alpha value is -1.18. The van der Waals surface area contributed by atoms with Crippen molar-refractivity contribution in [2.24, 2.45) is 0 Å². The van der Waals surface area contributed by atoms with Crippen LogP contribution in [0.2, 0.25) is 0 Å². The number of halogens is 1. The van der Waals surface area contributed by atoms with Gasteiger partial charge in [0.2, 0.25) is 5.82 Å². The molecule has 0 spiro atoms. The standard InChI is InChI=1S/C8H9FN2O3S/c1-2-10-15(14)6-3-4-8(11(12)13)7(9)5-6/h3-5,10H,2H2,1H3. The fourth-order valence-electron chi connectivity index (χ4n) is 0.965. The summed E-state index contributed by atoms with van der Waals surface area (Å²) in [7, 11) is 0. The SMILES string of the molecule is CCN[S+]([O-])c1ccc([N+](=O)[O-])c(F)c1. The smallest absolute Gasteiger partial charge is 0.305 e. The van der Waals surface area contributed by atoms with Crippen LogP contribution in [0, 0.1) is 15.9 Å². The molecular formula is C8H9FN2O3S. The van der Waals surface area contributed by atoms with Gasteiger partial charge in [0.25, 0.3) is 0 Å². The summed E-state index contributed by atoms with van der Waals surface area (Å²) in [6.07, 6.45) is 0. The number of nitrogens with zero attached hydrogens (tertiary/aromatic N) is 1. The molecule has 0 bridgehead atoms. The van der Waals surface area contributed by atoms with Crippen molar-refractivity contribution in [3.8, 4) is 0 Å². The average Bonchev–Trinajstić information content (AvgIpc) is 2.17. The molecule has 0 aromatic heterocycles. The summed E-state index contributed by atoms with van der Waals surface area (Å²) in [6.45, 7) is 2.21. The summed E-state index contributed by atoms with van der Waals surface area (Å²) in [5, 5.41) is 10.3. The highest BCUT2D eigenvalue weighted by molar-refractivity contribution is 7.89. The van der Waals surface area contributed by atoms with E-state index in [4.69, 9.17) is 0 Å². The van der Waals surface area contributed by atoms with E-state index in [0.29, 0.717) is 6.54 Å². The molecule has 0 fully saturated rings. The first-order chi connectivity index (χ1) is 7.06. The number of rotatable bonds is 4. The fraction of sp³-hybridized carbons (Fsp3) is 0.250. The minimum absolute atomic E-state index is 0.181. The molecule has 1 atom stereocenters. The number of nitrogens with one attached hydrogen (secondary N) is 1. The average molecular weight is 232 g/mol. The minimum Gasteiger partial charge on any atom is -0.593 e. The predicted molar refractivity (Wildman–Crippen MR) is 53.1 cm³/mol. The second-order valence-electron chi connectivity index (χ2n) is 2.64. The van der Waals surface area contributed by atoms with Gasteiger partial charge < -0.3 is 4.55 Å². The number of benzene rings is 1.